The second-order valence-electron chi connectivity index (χ2n) is 3.32. The Balaban J connectivity index is 2.25. The zero-order valence-electron chi connectivity index (χ0n) is 9.02. The SMILES string of the molecule is N=C(N)c1ccnc(Oc2ccc(Cl)c(Cl)c2)n1. The summed E-state index contributed by atoms with van der Waals surface area (Å²) < 4.78 is 5.39. The van der Waals surface area contributed by atoms with Gasteiger partial charge in [-0.3, -0.25) is 5.41 Å². The average molecular weight is 283 g/mol. The highest BCUT2D eigenvalue weighted by Gasteiger charge is 2.06. The number of halogens is 2. The van der Waals surface area contributed by atoms with Crippen molar-refractivity contribution in [3.63, 3.8) is 0 Å². The van der Waals surface area contributed by atoms with Gasteiger partial charge in [-0.25, -0.2) is 4.98 Å². The molecular weight excluding hydrogens is 275 g/mol. The zero-order chi connectivity index (χ0) is 13.1. The maximum absolute atomic E-state index is 7.27. The molecule has 0 saturated heterocycles. The van der Waals surface area contributed by atoms with Gasteiger partial charge in [0.25, 0.3) is 0 Å². The molecule has 0 atom stereocenters. The van der Waals surface area contributed by atoms with Gasteiger partial charge in [-0.05, 0) is 18.2 Å². The van der Waals surface area contributed by atoms with E-state index in [-0.39, 0.29) is 11.8 Å². The molecule has 0 radical (unpaired) electrons. The van der Waals surface area contributed by atoms with Crippen LogP contribution in [0.4, 0.5) is 0 Å². The number of amidine groups is 1. The van der Waals surface area contributed by atoms with Crippen LogP contribution in [0.15, 0.2) is 30.5 Å². The van der Waals surface area contributed by atoms with Gasteiger partial charge in [0.15, 0.2) is 0 Å². The normalized spacial score (nSPS) is 10.1. The van der Waals surface area contributed by atoms with E-state index in [2.05, 4.69) is 9.97 Å². The highest BCUT2D eigenvalue weighted by Crippen LogP contribution is 2.28. The summed E-state index contributed by atoms with van der Waals surface area (Å²) in [6, 6.07) is 6.39. The third kappa shape index (κ3) is 2.88. The number of hydrogen-bond donors (Lipinski definition) is 2. The van der Waals surface area contributed by atoms with Crippen LogP contribution in [0.2, 0.25) is 10.0 Å². The highest BCUT2D eigenvalue weighted by atomic mass is 35.5. The molecule has 1 aromatic carbocycles. The van der Waals surface area contributed by atoms with Gasteiger partial charge in [-0.2, -0.15) is 4.98 Å². The van der Waals surface area contributed by atoms with Gasteiger partial charge in [-0.1, -0.05) is 23.2 Å². The van der Waals surface area contributed by atoms with Crippen molar-refractivity contribution >= 4 is 29.0 Å². The molecule has 7 heteroatoms. The number of hydrogen-bond acceptors (Lipinski definition) is 4. The Bertz CT molecular complexity index is 603. The second kappa shape index (κ2) is 5.20. The smallest absolute Gasteiger partial charge is 0.322 e. The zero-order valence-corrected chi connectivity index (χ0v) is 10.5. The first-order chi connectivity index (χ1) is 8.56. The fourth-order valence-electron chi connectivity index (χ4n) is 1.19. The van der Waals surface area contributed by atoms with E-state index in [0.29, 0.717) is 21.5 Å². The summed E-state index contributed by atoms with van der Waals surface area (Å²) in [4.78, 5) is 7.87. The van der Waals surface area contributed by atoms with Crippen molar-refractivity contribution in [2.75, 3.05) is 0 Å². The third-order valence-corrected chi connectivity index (χ3v) is 2.75. The number of ether oxygens (including phenoxy) is 1. The molecule has 2 rings (SSSR count). The summed E-state index contributed by atoms with van der Waals surface area (Å²) >= 11 is 11.6. The lowest BCUT2D eigenvalue weighted by Crippen LogP contribution is -2.13. The van der Waals surface area contributed by atoms with Crippen molar-refractivity contribution in [2.24, 2.45) is 5.73 Å². The van der Waals surface area contributed by atoms with E-state index in [9.17, 15) is 0 Å². The molecule has 0 saturated carbocycles. The Morgan fingerprint density at radius 1 is 1.22 bits per heavy atom. The fourth-order valence-corrected chi connectivity index (χ4v) is 1.47. The Labute approximate surface area is 113 Å². The van der Waals surface area contributed by atoms with E-state index in [1.54, 1.807) is 18.2 Å². The summed E-state index contributed by atoms with van der Waals surface area (Å²) in [6.45, 7) is 0. The molecule has 0 spiro atoms. The molecule has 1 heterocycles. The molecule has 0 aliphatic heterocycles. The lowest BCUT2D eigenvalue weighted by atomic mass is 10.3. The number of rotatable bonds is 3. The molecular formula is C11H8Cl2N4O. The molecule has 3 N–H and O–H groups in total. The highest BCUT2D eigenvalue weighted by molar-refractivity contribution is 6.42. The Morgan fingerprint density at radius 2 is 2.00 bits per heavy atom. The van der Waals surface area contributed by atoms with Gasteiger partial charge in [0.05, 0.1) is 10.0 Å². The minimum absolute atomic E-state index is 0.0843. The van der Waals surface area contributed by atoms with Crippen LogP contribution in [0.5, 0.6) is 11.8 Å². The van der Waals surface area contributed by atoms with E-state index >= 15 is 0 Å². The summed E-state index contributed by atoms with van der Waals surface area (Å²) in [6.07, 6.45) is 1.45. The second-order valence-corrected chi connectivity index (χ2v) is 4.13. The molecule has 0 fully saturated rings. The van der Waals surface area contributed by atoms with Crippen molar-refractivity contribution in [3.8, 4) is 11.8 Å². The monoisotopic (exact) mass is 282 g/mol. The molecule has 0 aliphatic rings. The van der Waals surface area contributed by atoms with Gasteiger partial charge in [0.1, 0.15) is 17.3 Å². The number of benzene rings is 1. The summed E-state index contributed by atoms with van der Waals surface area (Å²) in [5.74, 6) is 0.293. The predicted octanol–water partition coefficient (Wildman–Crippen LogP) is 2.86. The van der Waals surface area contributed by atoms with Crippen LogP contribution in [0, 0.1) is 5.41 Å². The molecule has 0 bridgehead atoms. The minimum Gasteiger partial charge on any atom is -0.424 e. The molecule has 18 heavy (non-hydrogen) atoms. The molecule has 92 valence electrons. The van der Waals surface area contributed by atoms with Gasteiger partial charge >= 0.3 is 6.01 Å². The van der Waals surface area contributed by atoms with E-state index < -0.39 is 0 Å². The van der Waals surface area contributed by atoms with Crippen LogP contribution in [0.3, 0.4) is 0 Å². The Hall–Kier alpha value is -1.85. The summed E-state index contributed by atoms with van der Waals surface area (Å²) in [5, 5.41) is 8.07. The standard InChI is InChI=1S/C11H8Cl2N4O/c12-7-2-1-6(5-8(7)13)18-11-16-4-3-9(17-11)10(14)15/h1-5H,(H3,14,15). The van der Waals surface area contributed by atoms with E-state index in [4.69, 9.17) is 39.1 Å². The quantitative estimate of drug-likeness (QED) is 0.670. The number of nitrogens with zero attached hydrogens (tertiary/aromatic N) is 2. The molecule has 2 aromatic rings. The maximum atomic E-state index is 7.27. The first-order valence-electron chi connectivity index (χ1n) is 4.86. The van der Waals surface area contributed by atoms with Crippen LogP contribution in [-0.4, -0.2) is 15.8 Å². The summed E-state index contributed by atoms with van der Waals surface area (Å²) in [7, 11) is 0. The van der Waals surface area contributed by atoms with Crippen molar-refractivity contribution in [1.82, 2.24) is 9.97 Å². The van der Waals surface area contributed by atoms with Crippen LogP contribution < -0.4 is 10.5 Å². The van der Waals surface area contributed by atoms with Crippen molar-refractivity contribution in [2.45, 2.75) is 0 Å². The van der Waals surface area contributed by atoms with Crippen molar-refractivity contribution < 1.29 is 4.74 Å². The lowest BCUT2D eigenvalue weighted by Gasteiger charge is -2.05. The number of nitrogens with one attached hydrogen (secondary N) is 1. The predicted molar refractivity (Wildman–Crippen MR) is 69.6 cm³/mol. The Kier molecular flexibility index (Phi) is 3.64. The van der Waals surface area contributed by atoms with E-state index in [1.807, 2.05) is 0 Å². The van der Waals surface area contributed by atoms with Gasteiger partial charge < -0.3 is 10.5 Å². The largest absolute Gasteiger partial charge is 0.424 e. The molecule has 5 nitrogen and oxygen atoms in total. The van der Waals surface area contributed by atoms with Crippen LogP contribution in [0.1, 0.15) is 5.69 Å². The first kappa shape index (κ1) is 12.6. The number of nitrogens with two attached hydrogens (primary N) is 1. The maximum Gasteiger partial charge on any atom is 0.322 e. The minimum atomic E-state index is -0.156. The molecule has 0 aliphatic carbocycles. The van der Waals surface area contributed by atoms with Gasteiger partial charge in [-0.15, -0.1) is 0 Å². The van der Waals surface area contributed by atoms with Crippen LogP contribution in [0.25, 0.3) is 0 Å². The van der Waals surface area contributed by atoms with Crippen LogP contribution >= 0.6 is 23.2 Å². The number of nitrogen functional groups attached to an aromatic ring is 1. The average Bonchev–Trinajstić information content (AvgIpc) is 2.34. The van der Waals surface area contributed by atoms with Gasteiger partial charge in [0.2, 0.25) is 0 Å². The fraction of sp³-hybridized carbons (Fsp3) is 0. The Morgan fingerprint density at radius 3 is 2.67 bits per heavy atom. The van der Waals surface area contributed by atoms with E-state index in [0.717, 1.165) is 0 Å². The van der Waals surface area contributed by atoms with E-state index in [1.165, 1.54) is 12.3 Å². The van der Waals surface area contributed by atoms with Crippen molar-refractivity contribution in [1.29, 1.82) is 5.41 Å². The van der Waals surface area contributed by atoms with Crippen molar-refractivity contribution in [3.05, 3.63) is 46.2 Å². The summed E-state index contributed by atoms with van der Waals surface area (Å²) in [5.41, 5.74) is 5.61. The third-order valence-electron chi connectivity index (χ3n) is 2.01. The number of aromatic nitrogens is 2. The molecule has 1 aromatic heterocycles. The molecule has 0 unspecified atom stereocenters. The topological polar surface area (TPSA) is 84.9 Å². The van der Waals surface area contributed by atoms with Crippen LogP contribution in [-0.2, 0) is 0 Å². The molecule has 0 amide bonds. The lowest BCUT2D eigenvalue weighted by molar-refractivity contribution is 0.441. The first-order valence-corrected chi connectivity index (χ1v) is 5.62. The van der Waals surface area contributed by atoms with Gasteiger partial charge in [0, 0.05) is 12.3 Å².